The van der Waals surface area contributed by atoms with Gasteiger partial charge in [0.1, 0.15) is 0 Å². The van der Waals surface area contributed by atoms with Crippen molar-refractivity contribution in [2.75, 3.05) is 4.93 Å². The fraction of sp³-hybridized carbons (Fsp3) is 0.857. The molecule has 0 unspecified atom stereocenters. The molecule has 0 aliphatic rings. The second-order valence-electron chi connectivity index (χ2n) is 3.13. The van der Waals surface area contributed by atoms with E-state index in [1.54, 1.807) is 0 Å². The molecule has 0 fully saturated rings. The first kappa shape index (κ1) is 11.2. The van der Waals surface area contributed by atoms with Gasteiger partial charge in [-0.1, -0.05) is 0 Å². The summed E-state index contributed by atoms with van der Waals surface area (Å²) in [7, 11) is 0. The third kappa shape index (κ3) is 8.06. The van der Waals surface area contributed by atoms with Gasteiger partial charge < -0.3 is 0 Å². The average molecular weight is 274 g/mol. The molecule has 4 heteroatoms. The Morgan fingerprint density at radius 1 is 1.36 bits per heavy atom. The second kappa shape index (κ2) is 4.25. The van der Waals surface area contributed by atoms with Gasteiger partial charge in [-0.15, -0.1) is 0 Å². The van der Waals surface area contributed by atoms with Crippen LogP contribution in [0.15, 0.2) is 0 Å². The van der Waals surface area contributed by atoms with Gasteiger partial charge in [-0.2, -0.15) is 0 Å². The van der Waals surface area contributed by atoms with Crippen molar-refractivity contribution in [2.45, 2.75) is 33.3 Å². The molecule has 0 aromatic carbocycles. The van der Waals surface area contributed by atoms with Crippen LogP contribution in [0.25, 0.3) is 0 Å². The molecule has 68 valence electrons. The van der Waals surface area contributed by atoms with Gasteiger partial charge in [0.2, 0.25) is 0 Å². The van der Waals surface area contributed by atoms with Crippen molar-refractivity contribution < 1.29 is 10.9 Å². The van der Waals surface area contributed by atoms with Crippen molar-refractivity contribution in [1.82, 2.24) is 0 Å². The number of carbonyl (C=O) groups excluding carboxylic acids is 1. The number of hydrogen-bond donors (Lipinski definition) is 0. The summed E-state index contributed by atoms with van der Waals surface area (Å²) in [6, 6.07) is 0. The van der Waals surface area contributed by atoms with Gasteiger partial charge in [0, 0.05) is 0 Å². The number of rotatable bonds is 2. The Morgan fingerprint density at radius 2 is 1.82 bits per heavy atom. The van der Waals surface area contributed by atoms with Crippen molar-refractivity contribution in [1.29, 1.82) is 0 Å². The molecule has 0 saturated heterocycles. The third-order valence-electron chi connectivity index (χ3n) is 0.557. The van der Waals surface area contributed by atoms with E-state index in [1.165, 1.54) is 6.92 Å². The van der Waals surface area contributed by atoms with E-state index in [0.29, 0.717) is 0 Å². The Balaban J connectivity index is 3.69. The summed E-state index contributed by atoms with van der Waals surface area (Å²) in [6.07, 6.45) is 0. The Kier molecular flexibility index (Phi) is 4.31. The van der Waals surface area contributed by atoms with E-state index in [-0.39, 0.29) is 11.6 Å². The number of halogens is 1. The Morgan fingerprint density at radius 3 is 2.09 bits per heavy atom. The molecule has 0 atom stereocenters. The van der Waals surface area contributed by atoms with E-state index in [1.807, 2.05) is 25.7 Å². The first-order valence-electron chi connectivity index (χ1n) is 3.30. The van der Waals surface area contributed by atoms with Gasteiger partial charge in [-0.3, -0.25) is 0 Å². The summed E-state index contributed by atoms with van der Waals surface area (Å²) in [4.78, 5) is 12.3. The fourth-order valence-corrected chi connectivity index (χ4v) is 3.32. The van der Waals surface area contributed by atoms with Crippen LogP contribution in [0.3, 0.4) is 0 Å². The summed E-state index contributed by atoms with van der Waals surface area (Å²) in [5.41, 5.74) is -0.199. The monoisotopic (exact) mass is 274 g/mol. The molecule has 0 bridgehead atoms. The molecule has 0 aromatic rings. The van der Waals surface area contributed by atoms with Crippen LogP contribution in [0.4, 0.5) is 0 Å². The van der Waals surface area contributed by atoms with Crippen LogP contribution in [0.1, 0.15) is 27.7 Å². The molecule has 0 aliphatic carbocycles. The van der Waals surface area contributed by atoms with Crippen LogP contribution in [-0.4, -0.2) is 16.5 Å². The molecule has 0 spiro atoms. The topological polar surface area (TPSA) is 35.5 Å². The standard InChI is InChI=1S/C7H15IO3/c1-6(9)10-8(5)11-7(2,3)4/h1-5H3. The normalized spacial score (nSPS) is 12.6. The minimum absolute atomic E-state index is 0.199. The van der Waals surface area contributed by atoms with E-state index in [4.69, 9.17) is 6.13 Å². The van der Waals surface area contributed by atoms with Gasteiger partial charge in [-0.25, -0.2) is 0 Å². The predicted octanol–water partition coefficient (Wildman–Crippen LogP) is 2.33. The molecule has 0 amide bonds. The summed E-state index contributed by atoms with van der Waals surface area (Å²) >= 11 is -1.90. The van der Waals surface area contributed by atoms with Gasteiger partial charge in [0.15, 0.2) is 0 Å². The summed E-state index contributed by atoms with van der Waals surface area (Å²) < 4.78 is 10.4. The molecule has 0 N–H and O–H groups in total. The summed E-state index contributed by atoms with van der Waals surface area (Å²) in [6.45, 7) is 7.25. The van der Waals surface area contributed by atoms with Gasteiger partial charge in [0.05, 0.1) is 0 Å². The fourth-order valence-electron chi connectivity index (χ4n) is 0.495. The molecule has 0 radical (unpaired) electrons. The number of hydrogen-bond acceptors (Lipinski definition) is 3. The zero-order chi connectivity index (χ0) is 9.07. The molecule has 0 aliphatic heterocycles. The Bertz CT molecular complexity index is 139. The van der Waals surface area contributed by atoms with E-state index < -0.39 is 20.6 Å². The maximum absolute atomic E-state index is 10.5. The second-order valence-corrected chi connectivity index (χ2v) is 6.13. The summed E-state index contributed by atoms with van der Waals surface area (Å²) in [5, 5.41) is 0. The first-order valence-corrected chi connectivity index (χ1v) is 7.22. The molecule has 0 rings (SSSR count). The van der Waals surface area contributed by atoms with Crippen LogP contribution in [-0.2, 0) is 10.9 Å². The Hall–Kier alpha value is 0.160. The van der Waals surface area contributed by atoms with Crippen molar-refractivity contribution in [3.63, 3.8) is 0 Å². The van der Waals surface area contributed by atoms with E-state index in [2.05, 4.69) is 0 Å². The van der Waals surface area contributed by atoms with Crippen molar-refractivity contribution in [3.8, 4) is 0 Å². The van der Waals surface area contributed by atoms with E-state index in [0.717, 1.165) is 0 Å². The predicted molar refractivity (Wildman–Crippen MR) is 52.5 cm³/mol. The van der Waals surface area contributed by atoms with Crippen LogP contribution < -0.4 is 0 Å². The Labute approximate surface area is 75.9 Å². The van der Waals surface area contributed by atoms with Gasteiger partial charge in [-0.05, 0) is 0 Å². The molecule has 11 heavy (non-hydrogen) atoms. The van der Waals surface area contributed by atoms with Crippen LogP contribution >= 0.6 is 20.6 Å². The maximum atomic E-state index is 10.5. The van der Waals surface area contributed by atoms with Crippen LogP contribution in [0.2, 0.25) is 0 Å². The van der Waals surface area contributed by atoms with Crippen LogP contribution in [0, 0.1) is 0 Å². The third-order valence-corrected chi connectivity index (χ3v) is 3.74. The SMILES string of the molecule is CC(=O)OI(C)OC(C)(C)C. The molecule has 0 aromatic heterocycles. The number of carbonyl (C=O) groups is 1. The number of alkyl halides is 1. The molecular weight excluding hydrogens is 259 g/mol. The summed E-state index contributed by atoms with van der Waals surface area (Å²) in [5.74, 6) is -0.248. The minimum atomic E-state index is -1.90. The zero-order valence-corrected chi connectivity index (χ0v) is 9.76. The quantitative estimate of drug-likeness (QED) is 0.572. The molecule has 0 heterocycles. The van der Waals surface area contributed by atoms with Gasteiger partial charge >= 0.3 is 75.8 Å². The van der Waals surface area contributed by atoms with Crippen molar-refractivity contribution in [2.24, 2.45) is 0 Å². The van der Waals surface area contributed by atoms with Crippen molar-refractivity contribution in [3.05, 3.63) is 0 Å². The average Bonchev–Trinajstić information content (AvgIpc) is 1.53. The molecular formula is C7H15IO3. The zero-order valence-electron chi connectivity index (χ0n) is 7.60. The molecule has 3 nitrogen and oxygen atoms in total. The van der Waals surface area contributed by atoms with E-state index >= 15 is 0 Å². The first-order chi connectivity index (χ1) is 4.81. The van der Waals surface area contributed by atoms with Crippen LogP contribution in [0.5, 0.6) is 0 Å². The van der Waals surface area contributed by atoms with Gasteiger partial charge in [0.25, 0.3) is 0 Å². The van der Waals surface area contributed by atoms with E-state index in [9.17, 15) is 4.79 Å². The van der Waals surface area contributed by atoms with Crippen molar-refractivity contribution >= 4 is 26.6 Å². The molecule has 0 saturated carbocycles.